The zero-order valence-corrected chi connectivity index (χ0v) is 16.6. The summed E-state index contributed by atoms with van der Waals surface area (Å²) in [6, 6.07) is 4.50. The summed E-state index contributed by atoms with van der Waals surface area (Å²) >= 11 is 0. The number of piperidine rings is 1. The molecule has 29 heavy (non-hydrogen) atoms. The van der Waals surface area contributed by atoms with Gasteiger partial charge in [-0.2, -0.15) is 0 Å². The fourth-order valence-corrected chi connectivity index (χ4v) is 4.30. The summed E-state index contributed by atoms with van der Waals surface area (Å²) in [4.78, 5) is 39.7. The standard InChI is InChI=1S/C21H27N3O5/c1-12-7-13(2)11-24(10-12)20(21(28)29)16-9-22-17-8-14(3-4-15(16)17)23-18(25)5-6-19(26)27/h3-4,8-9,12-13,20,22H,5-7,10-11H2,1-2H3,(H,23,25)(H,26,27)(H,28,29)/t12-,13+,20?. The van der Waals surface area contributed by atoms with Gasteiger partial charge in [0.25, 0.3) is 0 Å². The van der Waals surface area contributed by atoms with E-state index in [1.165, 1.54) is 0 Å². The second-order valence-electron chi connectivity index (χ2n) is 8.09. The molecule has 3 rings (SSSR count). The normalized spacial score (nSPS) is 21.0. The molecule has 1 aliphatic rings. The molecule has 8 heteroatoms. The van der Waals surface area contributed by atoms with Gasteiger partial charge in [0.1, 0.15) is 6.04 Å². The van der Waals surface area contributed by atoms with Gasteiger partial charge in [0.2, 0.25) is 5.91 Å². The van der Waals surface area contributed by atoms with E-state index in [4.69, 9.17) is 5.11 Å². The summed E-state index contributed by atoms with van der Waals surface area (Å²) in [7, 11) is 0. The lowest BCUT2D eigenvalue weighted by Gasteiger charge is -2.38. The van der Waals surface area contributed by atoms with Gasteiger partial charge in [0, 0.05) is 47.9 Å². The molecule has 0 spiro atoms. The van der Waals surface area contributed by atoms with Gasteiger partial charge in [-0.15, -0.1) is 0 Å². The lowest BCUT2D eigenvalue weighted by atomic mass is 9.89. The second-order valence-corrected chi connectivity index (χ2v) is 8.09. The Bertz CT molecular complexity index is 912. The number of likely N-dealkylation sites (tertiary alicyclic amines) is 1. The van der Waals surface area contributed by atoms with Crippen molar-refractivity contribution in [3.8, 4) is 0 Å². The Labute approximate surface area is 168 Å². The summed E-state index contributed by atoms with van der Waals surface area (Å²) < 4.78 is 0. The van der Waals surface area contributed by atoms with Gasteiger partial charge in [-0.3, -0.25) is 19.3 Å². The van der Waals surface area contributed by atoms with Gasteiger partial charge in [0.15, 0.2) is 0 Å². The number of carbonyl (C=O) groups excluding carboxylic acids is 1. The SMILES string of the molecule is C[C@@H]1C[C@H](C)CN(C(C(=O)O)c2c[nH]c3cc(NC(=O)CCC(=O)O)ccc23)C1. The van der Waals surface area contributed by atoms with Crippen LogP contribution in [-0.4, -0.2) is 51.0 Å². The third-order valence-corrected chi connectivity index (χ3v) is 5.35. The van der Waals surface area contributed by atoms with Crippen LogP contribution in [0.15, 0.2) is 24.4 Å². The molecule has 2 heterocycles. The first-order chi connectivity index (χ1) is 13.7. The van der Waals surface area contributed by atoms with Gasteiger partial charge in [-0.25, -0.2) is 0 Å². The molecular formula is C21H27N3O5. The van der Waals surface area contributed by atoms with Crippen LogP contribution >= 0.6 is 0 Å². The molecule has 1 fully saturated rings. The average molecular weight is 401 g/mol. The molecule has 4 N–H and O–H groups in total. The van der Waals surface area contributed by atoms with E-state index in [0.29, 0.717) is 23.1 Å². The number of benzene rings is 1. The predicted molar refractivity (Wildman–Crippen MR) is 109 cm³/mol. The number of H-pyrrole nitrogens is 1. The number of aliphatic carboxylic acids is 2. The lowest BCUT2D eigenvalue weighted by molar-refractivity contribution is -0.144. The number of fused-ring (bicyclic) bond motifs is 1. The maximum atomic E-state index is 12.1. The summed E-state index contributed by atoms with van der Waals surface area (Å²) in [5, 5.41) is 22.1. The Morgan fingerprint density at radius 3 is 2.48 bits per heavy atom. The highest BCUT2D eigenvalue weighted by atomic mass is 16.4. The van der Waals surface area contributed by atoms with Gasteiger partial charge in [-0.1, -0.05) is 19.9 Å². The molecule has 1 aromatic carbocycles. The summed E-state index contributed by atoms with van der Waals surface area (Å²) in [6.07, 6.45) is 2.49. The number of nitrogens with one attached hydrogen (secondary N) is 2. The number of hydrogen-bond acceptors (Lipinski definition) is 4. The minimum Gasteiger partial charge on any atom is -0.481 e. The molecule has 0 bridgehead atoms. The largest absolute Gasteiger partial charge is 0.481 e. The van der Waals surface area contributed by atoms with Crippen LogP contribution in [0, 0.1) is 11.8 Å². The fourth-order valence-electron chi connectivity index (χ4n) is 4.30. The Kier molecular flexibility index (Phi) is 6.22. The molecule has 8 nitrogen and oxygen atoms in total. The van der Waals surface area contributed by atoms with Crippen molar-refractivity contribution in [2.75, 3.05) is 18.4 Å². The summed E-state index contributed by atoms with van der Waals surface area (Å²) in [6.45, 7) is 5.78. The van der Waals surface area contributed by atoms with Gasteiger partial charge < -0.3 is 20.5 Å². The van der Waals surface area contributed by atoms with Crippen LogP contribution in [0.1, 0.15) is 44.7 Å². The van der Waals surface area contributed by atoms with E-state index in [0.717, 1.165) is 30.4 Å². The Morgan fingerprint density at radius 1 is 1.17 bits per heavy atom. The monoisotopic (exact) mass is 401 g/mol. The molecule has 1 aliphatic heterocycles. The number of hydrogen-bond donors (Lipinski definition) is 4. The first-order valence-corrected chi connectivity index (χ1v) is 9.84. The molecule has 1 unspecified atom stereocenters. The second kappa shape index (κ2) is 8.65. The van der Waals surface area contributed by atoms with Crippen LogP contribution in [0.2, 0.25) is 0 Å². The predicted octanol–water partition coefficient (Wildman–Crippen LogP) is 3.07. The number of amides is 1. The highest BCUT2D eigenvalue weighted by Crippen LogP contribution is 2.34. The van der Waals surface area contributed by atoms with Crippen molar-refractivity contribution in [1.29, 1.82) is 0 Å². The molecule has 1 saturated heterocycles. The number of carboxylic acids is 2. The van der Waals surface area contributed by atoms with Gasteiger partial charge >= 0.3 is 11.9 Å². The number of anilines is 1. The molecule has 1 amide bonds. The van der Waals surface area contributed by atoms with Crippen molar-refractivity contribution in [2.45, 2.75) is 39.2 Å². The minimum atomic E-state index is -1.02. The number of rotatable bonds is 7. The third kappa shape index (κ3) is 4.95. The van der Waals surface area contributed by atoms with E-state index in [1.54, 1.807) is 24.4 Å². The van der Waals surface area contributed by atoms with Crippen LogP contribution in [0.25, 0.3) is 10.9 Å². The maximum absolute atomic E-state index is 12.1. The summed E-state index contributed by atoms with van der Waals surface area (Å²) in [5.74, 6) is -1.39. The zero-order chi connectivity index (χ0) is 21.1. The lowest BCUT2D eigenvalue weighted by Crippen LogP contribution is -2.43. The Hall–Kier alpha value is -2.87. The molecular weight excluding hydrogens is 374 g/mol. The van der Waals surface area contributed by atoms with E-state index in [9.17, 15) is 19.5 Å². The molecule has 156 valence electrons. The van der Waals surface area contributed by atoms with Crippen molar-refractivity contribution in [2.24, 2.45) is 11.8 Å². The van der Waals surface area contributed by atoms with Crippen molar-refractivity contribution in [3.05, 3.63) is 30.0 Å². The number of nitrogens with zero attached hydrogens (tertiary/aromatic N) is 1. The number of aromatic nitrogens is 1. The molecule has 0 aliphatic carbocycles. The van der Waals surface area contributed by atoms with Gasteiger partial charge in [0.05, 0.1) is 6.42 Å². The van der Waals surface area contributed by atoms with Gasteiger partial charge in [-0.05, 0) is 30.4 Å². The quantitative estimate of drug-likeness (QED) is 0.565. The van der Waals surface area contributed by atoms with Crippen molar-refractivity contribution >= 4 is 34.4 Å². The molecule has 3 atom stereocenters. The molecule has 0 saturated carbocycles. The fraction of sp³-hybridized carbons (Fsp3) is 0.476. The van der Waals surface area contributed by atoms with E-state index in [-0.39, 0.29) is 18.7 Å². The zero-order valence-electron chi connectivity index (χ0n) is 16.6. The van der Waals surface area contributed by atoms with Crippen molar-refractivity contribution in [1.82, 2.24) is 9.88 Å². The van der Waals surface area contributed by atoms with E-state index in [1.807, 2.05) is 4.90 Å². The van der Waals surface area contributed by atoms with Crippen molar-refractivity contribution < 1.29 is 24.6 Å². The van der Waals surface area contributed by atoms with Crippen LogP contribution in [0.3, 0.4) is 0 Å². The highest BCUT2D eigenvalue weighted by molar-refractivity contribution is 5.96. The highest BCUT2D eigenvalue weighted by Gasteiger charge is 2.34. The van der Waals surface area contributed by atoms with Crippen LogP contribution in [0.5, 0.6) is 0 Å². The minimum absolute atomic E-state index is 0.101. The number of carboxylic acid groups (broad SMARTS) is 2. The van der Waals surface area contributed by atoms with E-state index in [2.05, 4.69) is 24.1 Å². The topological polar surface area (TPSA) is 123 Å². The first-order valence-electron chi connectivity index (χ1n) is 9.84. The van der Waals surface area contributed by atoms with Crippen LogP contribution in [0.4, 0.5) is 5.69 Å². The maximum Gasteiger partial charge on any atom is 0.325 e. The number of carbonyl (C=O) groups is 3. The third-order valence-electron chi connectivity index (χ3n) is 5.35. The Morgan fingerprint density at radius 2 is 1.86 bits per heavy atom. The molecule has 2 aromatic rings. The van der Waals surface area contributed by atoms with Crippen molar-refractivity contribution in [3.63, 3.8) is 0 Å². The number of aromatic amines is 1. The van der Waals surface area contributed by atoms with Crippen LogP contribution < -0.4 is 5.32 Å². The summed E-state index contributed by atoms with van der Waals surface area (Å²) in [5.41, 5.74) is 1.96. The molecule has 1 aromatic heterocycles. The van der Waals surface area contributed by atoms with E-state index < -0.39 is 18.0 Å². The van der Waals surface area contributed by atoms with Crippen LogP contribution in [-0.2, 0) is 14.4 Å². The first kappa shape index (κ1) is 20.9. The average Bonchev–Trinajstić information content (AvgIpc) is 3.02. The van der Waals surface area contributed by atoms with E-state index >= 15 is 0 Å². The smallest absolute Gasteiger partial charge is 0.325 e. The Balaban J connectivity index is 1.83. The molecule has 0 radical (unpaired) electrons.